The van der Waals surface area contributed by atoms with Crippen LogP contribution in [0.4, 0.5) is 0 Å². The SMILES string of the molecule is COC(=O)c1ccc(Oc2cccc(CO)c2)nc1. The minimum Gasteiger partial charge on any atom is -0.465 e. The second kappa shape index (κ2) is 5.97. The molecule has 0 aliphatic heterocycles. The van der Waals surface area contributed by atoms with E-state index in [0.717, 1.165) is 5.56 Å². The number of pyridine rings is 1. The summed E-state index contributed by atoms with van der Waals surface area (Å²) in [5, 5.41) is 9.03. The van der Waals surface area contributed by atoms with Crippen molar-refractivity contribution in [2.45, 2.75) is 6.61 Å². The maximum atomic E-state index is 11.2. The second-order valence-electron chi connectivity index (χ2n) is 3.78. The lowest BCUT2D eigenvalue weighted by atomic mass is 10.2. The fourth-order valence-electron chi connectivity index (χ4n) is 1.51. The quantitative estimate of drug-likeness (QED) is 0.852. The lowest BCUT2D eigenvalue weighted by Gasteiger charge is -2.06. The van der Waals surface area contributed by atoms with Gasteiger partial charge in [-0.25, -0.2) is 9.78 Å². The van der Waals surface area contributed by atoms with Crippen LogP contribution in [0.3, 0.4) is 0 Å². The molecule has 98 valence electrons. The maximum absolute atomic E-state index is 11.2. The number of ether oxygens (including phenoxy) is 2. The van der Waals surface area contributed by atoms with Crippen molar-refractivity contribution < 1.29 is 19.4 Å². The molecule has 5 nitrogen and oxygen atoms in total. The van der Waals surface area contributed by atoms with E-state index in [1.165, 1.54) is 13.3 Å². The van der Waals surface area contributed by atoms with Crippen molar-refractivity contribution in [3.63, 3.8) is 0 Å². The third-order valence-electron chi connectivity index (χ3n) is 2.46. The van der Waals surface area contributed by atoms with Crippen LogP contribution in [0.5, 0.6) is 11.6 Å². The van der Waals surface area contributed by atoms with Gasteiger partial charge in [0.15, 0.2) is 0 Å². The van der Waals surface area contributed by atoms with Gasteiger partial charge in [0.05, 0.1) is 19.3 Å². The van der Waals surface area contributed by atoms with Crippen molar-refractivity contribution in [1.29, 1.82) is 0 Å². The molecule has 1 N–H and O–H groups in total. The van der Waals surface area contributed by atoms with Gasteiger partial charge in [-0.15, -0.1) is 0 Å². The van der Waals surface area contributed by atoms with E-state index in [2.05, 4.69) is 9.72 Å². The highest BCUT2D eigenvalue weighted by atomic mass is 16.5. The van der Waals surface area contributed by atoms with E-state index >= 15 is 0 Å². The first-order valence-corrected chi connectivity index (χ1v) is 5.65. The highest BCUT2D eigenvalue weighted by Gasteiger charge is 2.06. The zero-order valence-electron chi connectivity index (χ0n) is 10.4. The van der Waals surface area contributed by atoms with Gasteiger partial charge in [0.1, 0.15) is 5.75 Å². The summed E-state index contributed by atoms with van der Waals surface area (Å²) in [4.78, 5) is 15.2. The van der Waals surface area contributed by atoms with E-state index in [0.29, 0.717) is 17.2 Å². The van der Waals surface area contributed by atoms with E-state index in [1.54, 1.807) is 36.4 Å². The lowest BCUT2D eigenvalue weighted by Crippen LogP contribution is -2.01. The molecule has 0 saturated carbocycles. The van der Waals surface area contributed by atoms with Crippen LogP contribution in [-0.4, -0.2) is 23.2 Å². The first kappa shape index (κ1) is 13.0. The summed E-state index contributed by atoms with van der Waals surface area (Å²) < 4.78 is 10.1. The molecule has 0 amide bonds. The number of rotatable bonds is 4. The zero-order valence-corrected chi connectivity index (χ0v) is 10.4. The van der Waals surface area contributed by atoms with E-state index in [9.17, 15) is 4.79 Å². The third kappa shape index (κ3) is 3.29. The molecule has 0 saturated heterocycles. The average Bonchev–Trinajstić information content (AvgIpc) is 2.47. The number of nitrogens with zero attached hydrogens (tertiary/aromatic N) is 1. The molecule has 2 aromatic rings. The average molecular weight is 259 g/mol. The van der Waals surface area contributed by atoms with Crippen LogP contribution in [0.2, 0.25) is 0 Å². The summed E-state index contributed by atoms with van der Waals surface area (Å²) in [5.41, 5.74) is 1.11. The van der Waals surface area contributed by atoms with Crippen LogP contribution >= 0.6 is 0 Å². The number of hydrogen-bond donors (Lipinski definition) is 1. The van der Waals surface area contributed by atoms with Crippen LogP contribution in [-0.2, 0) is 11.3 Å². The second-order valence-corrected chi connectivity index (χ2v) is 3.78. The predicted molar refractivity (Wildman–Crippen MR) is 68.0 cm³/mol. The molecule has 0 fully saturated rings. The number of carbonyl (C=O) groups excluding carboxylic acids is 1. The number of benzene rings is 1. The summed E-state index contributed by atoms with van der Waals surface area (Å²) in [7, 11) is 1.31. The van der Waals surface area contributed by atoms with Crippen LogP contribution in [0, 0.1) is 0 Å². The van der Waals surface area contributed by atoms with E-state index in [4.69, 9.17) is 9.84 Å². The fraction of sp³-hybridized carbons (Fsp3) is 0.143. The van der Waals surface area contributed by atoms with Gasteiger partial charge < -0.3 is 14.6 Å². The van der Waals surface area contributed by atoms with Crippen molar-refractivity contribution >= 4 is 5.97 Å². The Hall–Kier alpha value is -2.40. The van der Waals surface area contributed by atoms with Crippen LogP contribution in [0.25, 0.3) is 0 Å². The number of aromatic nitrogens is 1. The Labute approximate surface area is 110 Å². The van der Waals surface area contributed by atoms with Gasteiger partial charge in [-0.3, -0.25) is 0 Å². The summed E-state index contributed by atoms with van der Waals surface area (Å²) in [6.45, 7) is -0.0497. The van der Waals surface area contributed by atoms with Crippen molar-refractivity contribution in [3.8, 4) is 11.6 Å². The fourth-order valence-corrected chi connectivity index (χ4v) is 1.51. The molecule has 0 unspecified atom stereocenters. The molecule has 0 radical (unpaired) electrons. The largest absolute Gasteiger partial charge is 0.465 e. The van der Waals surface area contributed by atoms with Gasteiger partial charge in [-0.05, 0) is 23.8 Å². The van der Waals surface area contributed by atoms with Crippen LogP contribution in [0.15, 0.2) is 42.6 Å². The number of hydrogen-bond acceptors (Lipinski definition) is 5. The number of methoxy groups -OCH3 is 1. The molecule has 2 rings (SSSR count). The van der Waals surface area contributed by atoms with E-state index < -0.39 is 5.97 Å². The summed E-state index contributed by atoms with van der Waals surface area (Å²) in [5.74, 6) is 0.494. The van der Waals surface area contributed by atoms with Gasteiger partial charge >= 0.3 is 5.97 Å². The van der Waals surface area contributed by atoms with E-state index in [1.807, 2.05) is 0 Å². The minimum absolute atomic E-state index is 0.0497. The van der Waals surface area contributed by atoms with Crippen LogP contribution in [0.1, 0.15) is 15.9 Å². The minimum atomic E-state index is -0.443. The lowest BCUT2D eigenvalue weighted by molar-refractivity contribution is 0.0600. The molecule has 19 heavy (non-hydrogen) atoms. The summed E-state index contributed by atoms with van der Waals surface area (Å²) in [6.07, 6.45) is 1.39. The molecular weight excluding hydrogens is 246 g/mol. The topological polar surface area (TPSA) is 68.7 Å². The third-order valence-corrected chi connectivity index (χ3v) is 2.46. The first-order chi connectivity index (χ1) is 9.22. The molecule has 0 spiro atoms. The normalized spacial score (nSPS) is 10.0. The molecule has 0 atom stereocenters. The van der Waals surface area contributed by atoms with Gasteiger partial charge in [-0.2, -0.15) is 0 Å². The number of esters is 1. The Bertz CT molecular complexity index is 566. The van der Waals surface area contributed by atoms with Crippen molar-refractivity contribution in [2.75, 3.05) is 7.11 Å². The van der Waals surface area contributed by atoms with Crippen LogP contribution < -0.4 is 4.74 Å². The van der Waals surface area contributed by atoms with Gasteiger partial charge in [-0.1, -0.05) is 12.1 Å². The van der Waals surface area contributed by atoms with E-state index in [-0.39, 0.29) is 6.61 Å². The van der Waals surface area contributed by atoms with Gasteiger partial charge in [0, 0.05) is 12.3 Å². The molecule has 1 heterocycles. The van der Waals surface area contributed by atoms with Gasteiger partial charge in [0.25, 0.3) is 0 Å². The number of carbonyl (C=O) groups is 1. The molecule has 1 aromatic heterocycles. The van der Waals surface area contributed by atoms with Crippen molar-refractivity contribution in [1.82, 2.24) is 4.98 Å². The Morgan fingerprint density at radius 2 is 2.16 bits per heavy atom. The number of aliphatic hydroxyl groups is 1. The summed E-state index contributed by atoms with van der Waals surface area (Å²) in [6, 6.07) is 10.2. The number of aliphatic hydroxyl groups excluding tert-OH is 1. The van der Waals surface area contributed by atoms with Gasteiger partial charge in [0.2, 0.25) is 5.88 Å². The monoisotopic (exact) mass is 259 g/mol. The zero-order chi connectivity index (χ0) is 13.7. The Kier molecular flexibility index (Phi) is 4.10. The van der Waals surface area contributed by atoms with Crippen molar-refractivity contribution in [3.05, 3.63) is 53.7 Å². The maximum Gasteiger partial charge on any atom is 0.339 e. The smallest absolute Gasteiger partial charge is 0.339 e. The Morgan fingerprint density at radius 1 is 1.32 bits per heavy atom. The Morgan fingerprint density at radius 3 is 2.79 bits per heavy atom. The first-order valence-electron chi connectivity index (χ1n) is 5.65. The highest BCUT2D eigenvalue weighted by Crippen LogP contribution is 2.20. The molecular formula is C14H13NO4. The molecule has 0 aliphatic rings. The molecule has 1 aromatic carbocycles. The Balaban J connectivity index is 2.12. The molecule has 5 heteroatoms. The van der Waals surface area contributed by atoms with Crippen molar-refractivity contribution in [2.24, 2.45) is 0 Å². The summed E-state index contributed by atoms with van der Waals surface area (Å²) >= 11 is 0. The molecule has 0 aliphatic carbocycles. The molecule has 0 bridgehead atoms. The highest BCUT2D eigenvalue weighted by molar-refractivity contribution is 5.88. The standard InChI is InChI=1S/C14H13NO4/c1-18-14(17)11-5-6-13(15-8-11)19-12-4-2-3-10(7-12)9-16/h2-8,16H,9H2,1H3. The predicted octanol–water partition coefficient (Wildman–Crippen LogP) is 2.15.